The summed E-state index contributed by atoms with van der Waals surface area (Å²) < 4.78 is 18.3. The molecule has 0 saturated carbocycles. The van der Waals surface area contributed by atoms with Crippen molar-refractivity contribution in [3.8, 4) is 17.6 Å². The highest BCUT2D eigenvalue weighted by Gasteiger charge is 2.15. The molecule has 1 unspecified atom stereocenters. The second kappa shape index (κ2) is 8.29. The summed E-state index contributed by atoms with van der Waals surface area (Å²) in [5.41, 5.74) is 1.62. The lowest BCUT2D eigenvalue weighted by molar-refractivity contribution is -0.169. The van der Waals surface area contributed by atoms with Crippen LogP contribution < -0.4 is 4.74 Å². The molecule has 0 bridgehead atoms. The van der Waals surface area contributed by atoms with Gasteiger partial charge >= 0.3 is 0 Å². The van der Waals surface area contributed by atoms with Gasteiger partial charge in [0.15, 0.2) is 6.29 Å². The van der Waals surface area contributed by atoms with Crippen molar-refractivity contribution in [3.05, 3.63) is 58.1 Å². The highest BCUT2D eigenvalue weighted by atomic mass is 79.9. The molecular formula is C19H18BrNO3. The van der Waals surface area contributed by atoms with Crippen LogP contribution in [0.1, 0.15) is 30.4 Å². The Morgan fingerprint density at radius 1 is 1.12 bits per heavy atom. The van der Waals surface area contributed by atoms with E-state index in [-0.39, 0.29) is 6.29 Å². The summed E-state index contributed by atoms with van der Waals surface area (Å²) in [6, 6.07) is 14.9. The number of benzene rings is 2. The van der Waals surface area contributed by atoms with Gasteiger partial charge in [-0.3, -0.25) is 0 Å². The summed E-state index contributed by atoms with van der Waals surface area (Å²) in [7, 11) is 0. The quantitative estimate of drug-likeness (QED) is 0.710. The molecule has 4 nitrogen and oxygen atoms in total. The first-order chi connectivity index (χ1) is 11.7. The molecule has 3 rings (SSSR count). The maximum absolute atomic E-state index is 8.83. The van der Waals surface area contributed by atoms with E-state index >= 15 is 0 Å². The summed E-state index contributed by atoms with van der Waals surface area (Å²) >= 11 is 3.55. The zero-order valence-corrected chi connectivity index (χ0v) is 14.8. The van der Waals surface area contributed by atoms with Crippen LogP contribution in [0.5, 0.6) is 11.5 Å². The molecule has 0 spiro atoms. The summed E-state index contributed by atoms with van der Waals surface area (Å²) in [4.78, 5) is 0. The second-order valence-corrected chi connectivity index (χ2v) is 6.45. The van der Waals surface area contributed by atoms with Crippen LogP contribution in [0.3, 0.4) is 0 Å². The van der Waals surface area contributed by atoms with Crippen molar-refractivity contribution >= 4 is 15.9 Å². The summed E-state index contributed by atoms with van der Waals surface area (Å²) in [6.07, 6.45) is 3.08. The van der Waals surface area contributed by atoms with Crippen LogP contribution in [-0.2, 0) is 16.1 Å². The van der Waals surface area contributed by atoms with Gasteiger partial charge in [-0.2, -0.15) is 5.26 Å². The maximum atomic E-state index is 8.83. The standard InChI is InChI=1S/C19H18BrNO3/c20-18-9-8-17(24-16-6-4-14(12-21)5-7-16)11-15(18)13-23-19-3-1-2-10-22-19/h4-9,11,19H,1-3,10,13H2. The number of nitrogens with zero attached hydrogens (tertiary/aromatic N) is 1. The fraction of sp³-hybridized carbons (Fsp3) is 0.316. The average Bonchev–Trinajstić information content (AvgIpc) is 2.63. The Hall–Kier alpha value is -1.87. The Morgan fingerprint density at radius 3 is 2.62 bits per heavy atom. The number of halogens is 1. The number of hydrogen-bond acceptors (Lipinski definition) is 4. The van der Waals surface area contributed by atoms with Crippen LogP contribution in [0.15, 0.2) is 46.9 Å². The predicted molar refractivity (Wildman–Crippen MR) is 93.8 cm³/mol. The first-order valence-corrected chi connectivity index (χ1v) is 8.73. The van der Waals surface area contributed by atoms with Crippen molar-refractivity contribution in [2.24, 2.45) is 0 Å². The van der Waals surface area contributed by atoms with Crippen LogP contribution in [0.25, 0.3) is 0 Å². The highest BCUT2D eigenvalue weighted by molar-refractivity contribution is 9.10. The Morgan fingerprint density at radius 2 is 1.92 bits per heavy atom. The van der Waals surface area contributed by atoms with Gasteiger partial charge in [-0.1, -0.05) is 15.9 Å². The molecule has 1 aliphatic heterocycles. The maximum Gasteiger partial charge on any atom is 0.158 e. The molecule has 2 aromatic carbocycles. The monoisotopic (exact) mass is 387 g/mol. The number of rotatable bonds is 5. The molecule has 1 aliphatic rings. The molecule has 0 radical (unpaired) electrons. The lowest BCUT2D eigenvalue weighted by atomic mass is 10.2. The van der Waals surface area contributed by atoms with Gasteiger partial charge in [0.25, 0.3) is 0 Å². The van der Waals surface area contributed by atoms with Crippen molar-refractivity contribution in [2.75, 3.05) is 6.61 Å². The van der Waals surface area contributed by atoms with Gasteiger partial charge in [-0.25, -0.2) is 0 Å². The number of nitriles is 1. The summed E-state index contributed by atoms with van der Waals surface area (Å²) in [5, 5.41) is 8.83. The Labute approximate surface area is 150 Å². The molecule has 5 heteroatoms. The fourth-order valence-electron chi connectivity index (χ4n) is 2.48. The first-order valence-electron chi connectivity index (χ1n) is 7.94. The van der Waals surface area contributed by atoms with Gasteiger partial charge in [-0.05, 0) is 67.3 Å². The lowest BCUT2D eigenvalue weighted by Gasteiger charge is -2.23. The largest absolute Gasteiger partial charge is 0.457 e. The van der Waals surface area contributed by atoms with E-state index in [9.17, 15) is 0 Å². The van der Waals surface area contributed by atoms with Crippen molar-refractivity contribution in [3.63, 3.8) is 0 Å². The smallest absolute Gasteiger partial charge is 0.158 e. The molecule has 124 valence electrons. The molecule has 1 saturated heterocycles. The van der Waals surface area contributed by atoms with E-state index in [1.54, 1.807) is 24.3 Å². The molecule has 24 heavy (non-hydrogen) atoms. The van der Waals surface area contributed by atoms with Gasteiger partial charge in [0.05, 0.1) is 18.2 Å². The molecule has 2 aromatic rings. The topological polar surface area (TPSA) is 51.5 Å². The van der Waals surface area contributed by atoms with Crippen LogP contribution in [-0.4, -0.2) is 12.9 Å². The molecule has 0 N–H and O–H groups in total. The molecule has 0 aromatic heterocycles. The first kappa shape index (κ1) is 17.0. The van der Waals surface area contributed by atoms with E-state index in [1.165, 1.54) is 0 Å². The van der Waals surface area contributed by atoms with Gasteiger partial charge in [0.2, 0.25) is 0 Å². The Kier molecular flexibility index (Phi) is 5.86. The number of ether oxygens (including phenoxy) is 3. The summed E-state index contributed by atoms with van der Waals surface area (Å²) in [5.74, 6) is 1.42. The normalized spacial score (nSPS) is 17.2. The minimum Gasteiger partial charge on any atom is -0.457 e. The molecule has 0 amide bonds. The molecule has 1 fully saturated rings. The molecule has 0 aliphatic carbocycles. The number of hydrogen-bond donors (Lipinski definition) is 0. The van der Waals surface area contributed by atoms with Crippen molar-refractivity contribution < 1.29 is 14.2 Å². The SMILES string of the molecule is N#Cc1ccc(Oc2ccc(Br)c(COC3CCCCO3)c2)cc1. The third kappa shape index (κ3) is 4.57. The highest BCUT2D eigenvalue weighted by Crippen LogP contribution is 2.28. The predicted octanol–water partition coefficient (Wildman–Crippen LogP) is 5.16. The van der Waals surface area contributed by atoms with Gasteiger partial charge in [0, 0.05) is 11.1 Å². The molecule has 1 heterocycles. The average molecular weight is 388 g/mol. The minimum atomic E-state index is -0.117. The van der Waals surface area contributed by atoms with E-state index in [1.807, 2.05) is 18.2 Å². The van der Waals surface area contributed by atoms with E-state index < -0.39 is 0 Å². The van der Waals surface area contributed by atoms with Crippen LogP contribution >= 0.6 is 15.9 Å². The van der Waals surface area contributed by atoms with Gasteiger partial charge in [0.1, 0.15) is 11.5 Å². The third-order valence-corrected chi connectivity index (χ3v) is 4.57. The fourth-order valence-corrected chi connectivity index (χ4v) is 2.85. The second-order valence-electron chi connectivity index (χ2n) is 5.60. The van der Waals surface area contributed by atoms with E-state index in [2.05, 4.69) is 22.0 Å². The molecule has 1 atom stereocenters. The van der Waals surface area contributed by atoms with E-state index in [4.69, 9.17) is 19.5 Å². The molecular weight excluding hydrogens is 370 g/mol. The Balaban J connectivity index is 1.65. The van der Waals surface area contributed by atoms with Crippen molar-refractivity contribution in [2.45, 2.75) is 32.2 Å². The zero-order chi connectivity index (χ0) is 16.8. The van der Waals surface area contributed by atoms with E-state index in [0.29, 0.717) is 17.9 Å². The Bertz CT molecular complexity index is 718. The van der Waals surface area contributed by atoms with Crippen molar-refractivity contribution in [1.29, 1.82) is 5.26 Å². The van der Waals surface area contributed by atoms with Crippen LogP contribution in [0, 0.1) is 11.3 Å². The van der Waals surface area contributed by atoms with Gasteiger partial charge < -0.3 is 14.2 Å². The third-order valence-electron chi connectivity index (χ3n) is 3.80. The van der Waals surface area contributed by atoms with E-state index in [0.717, 1.165) is 41.7 Å². The summed E-state index contributed by atoms with van der Waals surface area (Å²) in [6.45, 7) is 1.24. The van der Waals surface area contributed by atoms with Crippen LogP contribution in [0.2, 0.25) is 0 Å². The lowest BCUT2D eigenvalue weighted by Crippen LogP contribution is -2.22. The zero-order valence-electron chi connectivity index (χ0n) is 13.2. The minimum absolute atomic E-state index is 0.117. The van der Waals surface area contributed by atoms with Crippen LogP contribution in [0.4, 0.5) is 0 Å². The van der Waals surface area contributed by atoms with Crippen molar-refractivity contribution in [1.82, 2.24) is 0 Å². The van der Waals surface area contributed by atoms with Gasteiger partial charge in [-0.15, -0.1) is 0 Å².